The second kappa shape index (κ2) is 19.7. The highest BCUT2D eigenvalue weighted by Gasteiger charge is 2.30. The smallest absolute Gasteiger partial charge is 0.305 e. The summed E-state index contributed by atoms with van der Waals surface area (Å²) < 4.78 is 22.5. The molecule has 2 unspecified atom stereocenters. The van der Waals surface area contributed by atoms with Crippen LogP contribution in [0.3, 0.4) is 0 Å². The highest BCUT2D eigenvalue weighted by atomic mass is 16.5. The van der Waals surface area contributed by atoms with Gasteiger partial charge in [-0.3, -0.25) is 19.2 Å². The minimum absolute atomic E-state index is 0.231. The van der Waals surface area contributed by atoms with Crippen molar-refractivity contribution in [1.82, 2.24) is 0 Å². The maximum atomic E-state index is 13.3. The van der Waals surface area contributed by atoms with Gasteiger partial charge in [0.05, 0.1) is 26.4 Å². The summed E-state index contributed by atoms with van der Waals surface area (Å²) in [5.74, 6) is 0.758. The first kappa shape index (κ1) is 36.8. The normalized spacial score (nSPS) is 13.4. The predicted octanol–water partition coefficient (Wildman–Crippen LogP) is 8.30. The Balaban J connectivity index is 1.45. The zero-order chi connectivity index (χ0) is 33.3. The molecule has 8 heteroatoms. The number of ether oxygens (including phenoxy) is 4. The van der Waals surface area contributed by atoms with Crippen molar-refractivity contribution in [3.63, 3.8) is 0 Å². The lowest BCUT2D eigenvalue weighted by Gasteiger charge is -2.19. The molecule has 0 radical (unpaired) electrons. The van der Waals surface area contributed by atoms with E-state index in [1.54, 1.807) is 36.4 Å². The molecule has 0 heterocycles. The Morgan fingerprint density at radius 3 is 1.37 bits per heavy atom. The number of fused-ring (bicyclic) bond motifs is 2. The van der Waals surface area contributed by atoms with E-state index in [0.29, 0.717) is 71.6 Å². The van der Waals surface area contributed by atoms with Gasteiger partial charge < -0.3 is 18.9 Å². The molecule has 3 rings (SSSR count). The fourth-order valence-electron chi connectivity index (χ4n) is 5.46. The number of hydrogen-bond donors (Lipinski definition) is 0. The number of carbonyl (C=O) groups is 4. The average molecular weight is 637 g/mol. The Morgan fingerprint density at radius 1 is 0.587 bits per heavy atom. The summed E-state index contributed by atoms with van der Waals surface area (Å²) in [5, 5.41) is 0. The van der Waals surface area contributed by atoms with Gasteiger partial charge in [0.2, 0.25) is 0 Å². The van der Waals surface area contributed by atoms with Crippen LogP contribution in [0.5, 0.6) is 11.5 Å². The molecule has 0 bridgehead atoms. The van der Waals surface area contributed by atoms with Gasteiger partial charge in [-0.1, -0.05) is 66.2 Å². The highest BCUT2D eigenvalue weighted by Crippen LogP contribution is 2.32. The van der Waals surface area contributed by atoms with E-state index in [2.05, 4.69) is 27.7 Å². The number of hydrogen-bond acceptors (Lipinski definition) is 8. The van der Waals surface area contributed by atoms with Crippen LogP contribution < -0.4 is 9.47 Å². The van der Waals surface area contributed by atoms with Crippen LogP contribution in [0.4, 0.5) is 0 Å². The van der Waals surface area contributed by atoms with Crippen molar-refractivity contribution in [3.05, 3.63) is 58.7 Å². The van der Waals surface area contributed by atoms with Crippen molar-refractivity contribution in [2.45, 2.75) is 105 Å². The summed E-state index contributed by atoms with van der Waals surface area (Å²) in [4.78, 5) is 50.9. The molecule has 46 heavy (non-hydrogen) atoms. The van der Waals surface area contributed by atoms with Gasteiger partial charge in [-0.25, -0.2) is 0 Å². The summed E-state index contributed by atoms with van der Waals surface area (Å²) in [5.41, 5.74) is 1.20. The van der Waals surface area contributed by atoms with Crippen LogP contribution in [0, 0.1) is 11.8 Å². The molecule has 2 aromatic carbocycles. The van der Waals surface area contributed by atoms with Gasteiger partial charge in [-0.15, -0.1) is 0 Å². The Morgan fingerprint density at radius 2 is 1.00 bits per heavy atom. The largest absolute Gasteiger partial charge is 0.494 e. The maximum absolute atomic E-state index is 13.3. The van der Waals surface area contributed by atoms with Crippen LogP contribution in [0.1, 0.15) is 137 Å². The Hall–Kier alpha value is -3.68. The molecular formula is C38H52O8. The van der Waals surface area contributed by atoms with Crippen LogP contribution >= 0.6 is 0 Å². The molecule has 2 aromatic rings. The molecule has 2 atom stereocenters. The number of esters is 2. The van der Waals surface area contributed by atoms with Crippen LogP contribution in [-0.2, 0) is 19.1 Å². The van der Waals surface area contributed by atoms with E-state index in [9.17, 15) is 19.2 Å². The molecule has 0 saturated carbocycles. The Labute approximate surface area is 274 Å². The minimum Gasteiger partial charge on any atom is -0.494 e. The molecule has 1 aliphatic carbocycles. The second-order valence-corrected chi connectivity index (χ2v) is 12.2. The van der Waals surface area contributed by atoms with Crippen molar-refractivity contribution in [2.24, 2.45) is 11.8 Å². The summed E-state index contributed by atoms with van der Waals surface area (Å²) in [6, 6.07) is 9.72. The lowest BCUT2D eigenvalue weighted by molar-refractivity contribution is -0.146. The molecule has 0 aliphatic heterocycles. The number of benzene rings is 2. The Kier molecular flexibility index (Phi) is 15.8. The molecule has 252 valence electrons. The first-order valence-corrected chi connectivity index (χ1v) is 17.2. The third kappa shape index (κ3) is 11.3. The third-order valence-electron chi connectivity index (χ3n) is 8.60. The number of rotatable bonds is 22. The van der Waals surface area contributed by atoms with E-state index in [4.69, 9.17) is 18.9 Å². The summed E-state index contributed by atoms with van der Waals surface area (Å²) >= 11 is 0. The summed E-state index contributed by atoms with van der Waals surface area (Å²) in [6.45, 7) is 10.0. The van der Waals surface area contributed by atoms with Crippen molar-refractivity contribution in [3.8, 4) is 11.5 Å². The van der Waals surface area contributed by atoms with E-state index >= 15 is 0 Å². The molecule has 0 spiro atoms. The zero-order valence-electron chi connectivity index (χ0n) is 28.2. The average Bonchev–Trinajstić information content (AvgIpc) is 3.07. The van der Waals surface area contributed by atoms with Crippen LogP contribution in [0.15, 0.2) is 36.4 Å². The van der Waals surface area contributed by atoms with Gasteiger partial charge in [0.1, 0.15) is 11.5 Å². The zero-order valence-corrected chi connectivity index (χ0v) is 28.2. The van der Waals surface area contributed by atoms with E-state index in [1.165, 1.54) is 0 Å². The summed E-state index contributed by atoms with van der Waals surface area (Å²) in [6.07, 6.45) is 10.2. The number of carbonyl (C=O) groups excluding carboxylic acids is 4. The van der Waals surface area contributed by atoms with Crippen LogP contribution in [0.25, 0.3) is 0 Å². The molecule has 0 aromatic heterocycles. The first-order valence-electron chi connectivity index (χ1n) is 17.2. The number of ketones is 2. The van der Waals surface area contributed by atoms with Gasteiger partial charge in [0.25, 0.3) is 0 Å². The fraction of sp³-hybridized carbons (Fsp3) is 0.579. The topological polar surface area (TPSA) is 105 Å². The van der Waals surface area contributed by atoms with E-state index in [0.717, 1.165) is 51.4 Å². The van der Waals surface area contributed by atoms with Gasteiger partial charge in [0.15, 0.2) is 11.6 Å². The van der Waals surface area contributed by atoms with Crippen molar-refractivity contribution >= 4 is 23.5 Å². The molecule has 0 amide bonds. The second-order valence-electron chi connectivity index (χ2n) is 12.2. The molecule has 0 fully saturated rings. The van der Waals surface area contributed by atoms with Crippen LogP contribution in [0.2, 0.25) is 0 Å². The third-order valence-corrected chi connectivity index (χ3v) is 8.60. The first-order chi connectivity index (χ1) is 22.3. The van der Waals surface area contributed by atoms with Gasteiger partial charge in [-0.2, -0.15) is 0 Å². The van der Waals surface area contributed by atoms with E-state index in [1.807, 2.05) is 0 Å². The van der Waals surface area contributed by atoms with Gasteiger partial charge in [0, 0.05) is 35.1 Å². The van der Waals surface area contributed by atoms with Gasteiger partial charge >= 0.3 is 11.9 Å². The Bertz CT molecular complexity index is 1200. The predicted molar refractivity (Wildman–Crippen MR) is 178 cm³/mol. The molecule has 1 aliphatic rings. The standard InChI is InChI=1S/C38H52O8/c1-5-9-13-27(7-3)25-45-35(39)15-11-21-43-29-17-19-31-33(23-29)37(41)32-20-18-30(24-34(32)38(31)42)44-22-12-16-36(40)46-26-28(8-4)14-10-6-2/h17-20,23-24,27-28H,5-16,21-22,25-26H2,1-4H3. The maximum Gasteiger partial charge on any atom is 0.305 e. The monoisotopic (exact) mass is 636 g/mol. The SMILES string of the molecule is CCCCC(CC)COC(=O)CCCOc1ccc2c(c1)C(=O)c1ccc(OCCCC(=O)OCC(CC)CCCC)cc1C2=O. The molecular weight excluding hydrogens is 584 g/mol. The van der Waals surface area contributed by atoms with E-state index < -0.39 is 0 Å². The molecule has 8 nitrogen and oxygen atoms in total. The summed E-state index contributed by atoms with van der Waals surface area (Å²) in [7, 11) is 0. The lowest BCUT2D eigenvalue weighted by Crippen LogP contribution is -2.21. The molecule has 0 saturated heterocycles. The van der Waals surface area contributed by atoms with Crippen molar-refractivity contribution in [2.75, 3.05) is 26.4 Å². The van der Waals surface area contributed by atoms with Crippen LogP contribution in [-0.4, -0.2) is 49.9 Å². The molecule has 0 N–H and O–H groups in total. The van der Waals surface area contributed by atoms with Crippen molar-refractivity contribution < 1.29 is 38.1 Å². The fourth-order valence-corrected chi connectivity index (χ4v) is 5.46. The minimum atomic E-state index is -0.259. The quantitative estimate of drug-likeness (QED) is 0.0801. The highest BCUT2D eigenvalue weighted by molar-refractivity contribution is 6.28. The van der Waals surface area contributed by atoms with Gasteiger partial charge in [-0.05, 0) is 73.9 Å². The van der Waals surface area contributed by atoms with Crippen molar-refractivity contribution in [1.29, 1.82) is 0 Å². The number of unbranched alkanes of at least 4 members (excludes halogenated alkanes) is 2. The van der Waals surface area contributed by atoms with E-state index in [-0.39, 0.29) is 49.6 Å². The lowest BCUT2D eigenvalue weighted by atomic mass is 9.84.